The van der Waals surface area contributed by atoms with Crippen molar-refractivity contribution < 1.29 is 14.3 Å². The zero-order chi connectivity index (χ0) is 18.4. The fourth-order valence-electron chi connectivity index (χ4n) is 2.45. The van der Waals surface area contributed by atoms with Crippen LogP contribution in [0.5, 0.6) is 11.5 Å². The first kappa shape index (κ1) is 19.1. The van der Waals surface area contributed by atoms with Crippen molar-refractivity contribution in [3.8, 4) is 11.5 Å². The average Bonchev–Trinajstić information content (AvgIpc) is 2.59. The lowest BCUT2D eigenvalue weighted by atomic mass is 10.1. The number of aryl methyl sites for hydroxylation is 2. The van der Waals surface area contributed by atoms with Crippen LogP contribution in [0.1, 0.15) is 31.4 Å². The van der Waals surface area contributed by atoms with Gasteiger partial charge in [0, 0.05) is 11.1 Å². The van der Waals surface area contributed by atoms with Crippen LogP contribution in [0.25, 0.3) is 0 Å². The summed E-state index contributed by atoms with van der Waals surface area (Å²) < 4.78 is 11.0. The average molecular weight is 362 g/mol. The molecule has 0 radical (unpaired) electrons. The highest BCUT2D eigenvalue weighted by molar-refractivity contribution is 6.31. The van der Waals surface area contributed by atoms with Gasteiger partial charge in [-0.25, -0.2) is 0 Å². The first-order valence-electron chi connectivity index (χ1n) is 8.35. The van der Waals surface area contributed by atoms with E-state index < -0.39 is 6.10 Å². The van der Waals surface area contributed by atoms with Gasteiger partial charge in [0.15, 0.2) is 6.10 Å². The lowest BCUT2D eigenvalue weighted by Crippen LogP contribution is -2.30. The third-order valence-electron chi connectivity index (χ3n) is 3.88. The molecule has 5 heteroatoms. The predicted octanol–water partition coefficient (Wildman–Crippen LogP) is 5.02. The van der Waals surface area contributed by atoms with Gasteiger partial charge in [-0.3, -0.25) is 4.79 Å². The zero-order valence-electron chi connectivity index (χ0n) is 15.1. The molecule has 2 aromatic carbocycles. The van der Waals surface area contributed by atoms with Gasteiger partial charge in [-0.15, -0.1) is 0 Å². The molecule has 2 rings (SSSR count). The molecule has 2 aromatic rings. The van der Waals surface area contributed by atoms with E-state index in [0.717, 1.165) is 18.4 Å². The fourth-order valence-corrected chi connectivity index (χ4v) is 2.60. The van der Waals surface area contributed by atoms with Crippen LogP contribution < -0.4 is 14.8 Å². The van der Waals surface area contributed by atoms with Gasteiger partial charge in [0.25, 0.3) is 5.91 Å². The number of methoxy groups -OCH3 is 1. The monoisotopic (exact) mass is 361 g/mol. The second-order valence-corrected chi connectivity index (χ2v) is 6.35. The van der Waals surface area contributed by atoms with Gasteiger partial charge in [0.2, 0.25) is 0 Å². The van der Waals surface area contributed by atoms with E-state index in [0.29, 0.717) is 22.2 Å². The standard InChI is InChI=1S/C20H24ClNO3/c1-5-6-15-7-9-16(10-8-15)25-14(3)20(23)22-18-11-13(2)17(21)12-19(18)24-4/h7-12,14H,5-6H2,1-4H3,(H,22,23). The van der Waals surface area contributed by atoms with Crippen molar-refractivity contribution in [3.63, 3.8) is 0 Å². The Morgan fingerprint density at radius 2 is 1.92 bits per heavy atom. The minimum Gasteiger partial charge on any atom is -0.495 e. The Labute approximate surface area is 154 Å². The van der Waals surface area contributed by atoms with E-state index in [1.807, 2.05) is 31.2 Å². The summed E-state index contributed by atoms with van der Waals surface area (Å²) in [7, 11) is 1.54. The highest BCUT2D eigenvalue weighted by Crippen LogP contribution is 2.31. The summed E-state index contributed by atoms with van der Waals surface area (Å²) >= 11 is 6.09. The quantitative estimate of drug-likeness (QED) is 0.753. The van der Waals surface area contributed by atoms with E-state index in [2.05, 4.69) is 12.2 Å². The molecule has 0 aromatic heterocycles. The summed E-state index contributed by atoms with van der Waals surface area (Å²) in [5, 5.41) is 3.42. The number of carbonyl (C=O) groups excluding carboxylic acids is 1. The molecule has 0 aliphatic carbocycles. The smallest absolute Gasteiger partial charge is 0.265 e. The lowest BCUT2D eigenvalue weighted by molar-refractivity contribution is -0.122. The topological polar surface area (TPSA) is 47.6 Å². The van der Waals surface area contributed by atoms with Crippen molar-refractivity contribution in [2.24, 2.45) is 0 Å². The highest BCUT2D eigenvalue weighted by Gasteiger charge is 2.17. The van der Waals surface area contributed by atoms with Crippen molar-refractivity contribution in [3.05, 3.63) is 52.5 Å². The number of amides is 1. The molecule has 134 valence electrons. The van der Waals surface area contributed by atoms with Crippen LogP contribution in [0.4, 0.5) is 5.69 Å². The second-order valence-electron chi connectivity index (χ2n) is 5.94. The molecule has 0 spiro atoms. The lowest BCUT2D eigenvalue weighted by Gasteiger charge is -2.17. The van der Waals surface area contributed by atoms with Gasteiger partial charge in [-0.2, -0.15) is 0 Å². The van der Waals surface area contributed by atoms with Crippen LogP contribution in [0.2, 0.25) is 5.02 Å². The maximum absolute atomic E-state index is 12.4. The van der Waals surface area contributed by atoms with Gasteiger partial charge < -0.3 is 14.8 Å². The molecule has 1 amide bonds. The number of rotatable bonds is 7. The van der Waals surface area contributed by atoms with Gasteiger partial charge in [-0.1, -0.05) is 37.1 Å². The number of hydrogen-bond donors (Lipinski definition) is 1. The van der Waals surface area contributed by atoms with Crippen LogP contribution in [-0.4, -0.2) is 19.1 Å². The Morgan fingerprint density at radius 1 is 1.24 bits per heavy atom. The summed E-state index contributed by atoms with van der Waals surface area (Å²) in [5.74, 6) is 0.930. The Morgan fingerprint density at radius 3 is 2.52 bits per heavy atom. The number of benzene rings is 2. The summed E-state index contributed by atoms with van der Waals surface area (Å²) in [6.07, 6.45) is 1.49. The minimum absolute atomic E-state index is 0.252. The number of halogens is 1. The van der Waals surface area contributed by atoms with Crippen LogP contribution in [0, 0.1) is 6.92 Å². The largest absolute Gasteiger partial charge is 0.495 e. The third-order valence-corrected chi connectivity index (χ3v) is 4.29. The highest BCUT2D eigenvalue weighted by atomic mass is 35.5. The first-order valence-corrected chi connectivity index (χ1v) is 8.73. The molecule has 0 aliphatic rings. The minimum atomic E-state index is -0.641. The maximum Gasteiger partial charge on any atom is 0.265 e. The van der Waals surface area contributed by atoms with Crippen LogP contribution in [0.3, 0.4) is 0 Å². The van der Waals surface area contributed by atoms with Gasteiger partial charge >= 0.3 is 0 Å². The van der Waals surface area contributed by atoms with Crippen molar-refractivity contribution in [1.82, 2.24) is 0 Å². The van der Waals surface area contributed by atoms with Gasteiger partial charge in [-0.05, 0) is 49.6 Å². The molecule has 0 aliphatic heterocycles. The molecule has 25 heavy (non-hydrogen) atoms. The van der Waals surface area contributed by atoms with Crippen LogP contribution in [-0.2, 0) is 11.2 Å². The second kappa shape index (κ2) is 8.77. The van der Waals surface area contributed by atoms with Crippen LogP contribution >= 0.6 is 11.6 Å². The van der Waals surface area contributed by atoms with Crippen molar-refractivity contribution in [2.45, 2.75) is 39.7 Å². The molecule has 1 N–H and O–H groups in total. The summed E-state index contributed by atoms with van der Waals surface area (Å²) in [6, 6.07) is 11.3. The molecule has 0 fully saturated rings. The molecule has 4 nitrogen and oxygen atoms in total. The SMILES string of the molecule is CCCc1ccc(OC(C)C(=O)Nc2cc(C)c(Cl)cc2OC)cc1. The van der Waals surface area contributed by atoms with Gasteiger partial charge in [0.1, 0.15) is 11.5 Å². The van der Waals surface area contributed by atoms with E-state index >= 15 is 0 Å². The van der Waals surface area contributed by atoms with Gasteiger partial charge in [0.05, 0.1) is 12.8 Å². The normalized spacial score (nSPS) is 11.7. The number of carbonyl (C=O) groups is 1. The Balaban J connectivity index is 2.04. The summed E-state index contributed by atoms with van der Waals surface area (Å²) in [6.45, 7) is 5.73. The molecule has 0 heterocycles. The zero-order valence-corrected chi connectivity index (χ0v) is 15.8. The van der Waals surface area contributed by atoms with E-state index in [1.165, 1.54) is 12.7 Å². The first-order chi connectivity index (χ1) is 11.9. The molecule has 1 atom stereocenters. The number of ether oxygens (including phenoxy) is 2. The van der Waals surface area contributed by atoms with E-state index in [1.54, 1.807) is 19.1 Å². The van der Waals surface area contributed by atoms with Crippen molar-refractivity contribution >= 4 is 23.2 Å². The summed E-state index contributed by atoms with van der Waals surface area (Å²) in [4.78, 5) is 12.4. The number of nitrogens with one attached hydrogen (secondary N) is 1. The van der Waals surface area contributed by atoms with E-state index in [9.17, 15) is 4.79 Å². The summed E-state index contributed by atoms with van der Waals surface area (Å²) in [5.41, 5.74) is 2.69. The molecule has 0 saturated heterocycles. The fraction of sp³-hybridized carbons (Fsp3) is 0.350. The molecule has 0 bridgehead atoms. The van der Waals surface area contributed by atoms with E-state index in [4.69, 9.17) is 21.1 Å². The third kappa shape index (κ3) is 5.13. The molecular formula is C20H24ClNO3. The van der Waals surface area contributed by atoms with Crippen LogP contribution in [0.15, 0.2) is 36.4 Å². The predicted molar refractivity (Wildman–Crippen MR) is 102 cm³/mol. The van der Waals surface area contributed by atoms with E-state index in [-0.39, 0.29) is 5.91 Å². The van der Waals surface area contributed by atoms with Crippen molar-refractivity contribution in [1.29, 1.82) is 0 Å². The van der Waals surface area contributed by atoms with Crippen molar-refractivity contribution in [2.75, 3.05) is 12.4 Å². The Hall–Kier alpha value is -2.20. The Kier molecular flexibility index (Phi) is 6.71. The number of hydrogen-bond acceptors (Lipinski definition) is 3. The number of anilines is 1. The molecule has 0 saturated carbocycles. The molecule has 1 unspecified atom stereocenters. The molecular weight excluding hydrogens is 338 g/mol. The Bertz CT molecular complexity index is 728. The maximum atomic E-state index is 12.4.